The van der Waals surface area contributed by atoms with Crippen molar-refractivity contribution in [2.45, 2.75) is 182 Å². The van der Waals surface area contributed by atoms with E-state index in [1.54, 1.807) is 26.0 Å². The number of cyclic esters (lactones) is 1. The summed E-state index contributed by atoms with van der Waals surface area (Å²) in [4.78, 5) is 12.6. The second-order valence-corrected chi connectivity index (χ2v) is 19.3. The van der Waals surface area contributed by atoms with Crippen LogP contribution in [0.5, 0.6) is 0 Å². The number of unbranched alkanes of at least 4 members (excludes halogenated alkanes) is 10. The van der Waals surface area contributed by atoms with Crippen molar-refractivity contribution in [2.75, 3.05) is 0 Å². The summed E-state index contributed by atoms with van der Waals surface area (Å²) in [6, 6.07) is 0. The smallest absolute Gasteiger partial charge is 0.343 e. The quantitative estimate of drug-likeness (QED) is 0.0330. The van der Waals surface area contributed by atoms with Gasteiger partial charge in [0.15, 0.2) is 0 Å². The van der Waals surface area contributed by atoms with Crippen molar-refractivity contribution < 1.29 is 29.6 Å². The molecule has 0 amide bonds. The Morgan fingerprint density at radius 3 is 2.06 bits per heavy atom. The maximum absolute atomic E-state index is 12.6. The fraction of sp³-hybridized carbons (Fsp3) is 0.526. The van der Waals surface area contributed by atoms with Gasteiger partial charge >= 0.3 is 5.97 Å². The van der Waals surface area contributed by atoms with Crippen LogP contribution in [0.4, 0.5) is 0 Å². The van der Waals surface area contributed by atoms with E-state index in [4.69, 9.17) is 9.47 Å². The third-order valence-corrected chi connectivity index (χ3v) is 12.4. The summed E-state index contributed by atoms with van der Waals surface area (Å²) in [6.45, 7) is 18.0. The second-order valence-electron chi connectivity index (χ2n) is 19.3. The number of aliphatic hydroxyl groups is 3. The summed E-state index contributed by atoms with van der Waals surface area (Å²) in [5.41, 5.74) is 0.456. The van der Waals surface area contributed by atoms with Crippen molar-refractivity contribution in [1.29, 1.82) is 0 Å². The Labute approximate surface area is 382 Å². The normalized spacial score (nSPS) is 26.4. The molecule has 0 aromatic heterocycles. The summed E-state index contributed by atoms with van der Waals surface area (Å²) in [5, 5.41) is 32.8. The monoisotopic (exact) mass is 861 g/mol. The molecular weight excluding hydrogens is 781 g/mol. The Bertz CT molecular complexity index is 1910. The highest BCUT2D eigenvalue weighted by Crippen LogP contribution is 2.50. The lowest BCUT2D eigenvalue weighted by Crippen LogP contribution is -2.65. The number of allylic oxidation sites excluding steroid dienone is 18. The predicted octanol–water partition coefficient (Wildman–Crippen LogP) is 13.6. The van der Waals surface area contributed by atoms with Gasteiger partial charge in [-0.2, -0.15) is 0 Å². The van der Waals surface area contributed by atoms with Gasteiger partial charge in [0.25, 0.3) is 0 Å². The summed E-state index contributed by atoms with van der Waals surface area (Å²) in [7, 11) is 0. The number of rotatable bonds is 22. The van der Waals surface area contributed by atoms with Gasteiger partial charge in [-0.05, 0) is 94.9 Å². The summed E-state index contributed by atoms with van der Waals surface area (Å²) >= 11 is 0. The standard InChI is InChI=1S/C57H80O6/c1-10-11-12-13-14-15-16-17-18-19-20-21-22-23-24-25-28-31-38-62-51-40-47(4)52(54(5,6)44-51)35-34-45(2)32-29-26-27-30-33-46(3)39-50-41-48(53(59)63-50)36-37-57(61)55(7,8)42-49(58)43-56(57,9)60/h21-33,36-39,41,49,51,58,60-61H,10-20,40,42-44H2,1-9H3. The summed E-state index contributed by atoms with van der Waals surface area (Å²) < 4.78 is 11.6. The van der Waals surface area contributed by atoms with Crippen LogP contribution in [-0.4, -0.2) is 44.7 Å². The van der Waals surface area contributed by atoms with Crippen molar-refractivity contribution in [2.24, 2.45) is 10.8 Å². The van der Waals surface area contributed by atoms with E-state index in [1.807, 2.05) is 74.8 Å². The molecule has 0 bridgehead atoms. The van der Waals surface area contributed by atoms with E-state index in [1.165, 1.54) is 94.4 Å². The average Bonchev–Trinajstić information content (AvgIpc) is 3.55. The van der Waals surface area contributed by atoms with Crippen molar-refractivity contribution in [3.05, 3.63) is 143 Å². The lowest BCUT2D eigenvalue weighted by molar-refractivity contribution is -0.216. The molecule has 0 saturated heterocycles. The first-order valence-corrected chi connectivity index (χ1v) is 23.6. The molecule has 1 aliphatic heterocycles. The molecule has 344 valence electrons. The van der Waals surface area contributed by atoms with Gasteiger partial charge in [0.05, 0.1) is 23.5 Å². The van der Waals surface area contributed by atoms with Crippen LogP contribution in [-0.2, 0) is 14.3 Å². The van der Waals surface area contributed by atoms with Gasteiger partial charge in [-0.1, -0.05) is 183 Å². The van der Waals surface area contributed by atoms with Crippen molar-refractivity contribution >= 4 is 5.97 Å². The molecule has 1 fully saturated rings. The first kappa shape index (κ1) is 52.9. The van der Waals surface area contributed by atoms with Crippen LogP contribution in [0.15, 0.2) is 143 Å². The fourth-order valence-electron chi connectivity index (χ4n) is 8.90. The van der Waals surface area contributed by atoms with E-state index in [0.29, 0.717) is 12.2 Å². The minimum atomic E-state index is -1.65. The van der Waals surface area contributed by atoms with Gasteiger partial charge < -0.3 is 24.8 Å². The molecule has 0 spiro atoms. The van der Waals surface area contributed by atoms with E-state index in [-0.39, 0.29) is 23.5 Å². The van der Waals surface area contributed by atoms with Gasteiger partial charge in [0, 0.05) is 29.2 Å². The lowest BCUT2D eigenvalue weighted by Gasteiger charge is -2.54. The molecule has 4 atom stereocenters. The number of hydrogen-bond acceptors (Lipinski definition) is 6. The van der Waals surface area contributed by atoms with E-state index in [9.17, 15) is 20.1 Å². The lowest BCUT2D eigenvalue weighted by atomic mass is 9.57. The fourth-order valence-corrected chi connectivity index (χ4v) is 8.90. The highest BCUT2D eigenvalue weighted by molar-refractivity contribution is 5.95. The van der Waals surface area contributed by atoms with Gasteiger partial charge in [-0.3, -0.25) is 0 Å². The Balaban J connectivity index is 1.42. The minimum absolute atomic E-state index is 0.0325. The Morgan fingerprint density at radius 2 is 1.41 bits per heavy atom. The number of carbonyl (C=O) groups excluding carboxylic acids is 1. The molecule has 3 N–H and O–H groups in total. The topological polar surface area (TPSA) is 96.2 Å². The summed E-state index contributed by atoms with van der Waals surface area (Å²) in [5.74, 6) is 6.68. The maximum atomic E-state index is 12.6. The van der Waals surface area contributed by atoms with E-state index in [0.717, 1.165) is 30.4 Å². The predicted molar refractivity (Wildman–Crippen MR) is 263 cm³/mol. The molecule has 0 aromatic rings. The molecule has 0 radical (unpaired) electrons. The van der Waals surface area contributed by atoms with Crippen LogP contribution in [0, 0.1) is 22.7 Å². The van der Waals surface area contributed by atoms with Crippen LogP contribution in [0.2, 0.25) is 0 Å². The van der Waals surface area contributed by atoms with E-state index in [2.05, 4.69) is 63.8 Å². The first-order chi connectivity index (χ1) is 29.9. The molecular formula is C57H80O6. The van der Waals surface area contributed by atoms with Crippen molar-refractivity contribution in [1.82, 2.24) is 0 Å². The largest absolute Gasteiger partial charge is 0.498 e. The number of carbonyl (C=O) groups is 1. The third-order valence-electron chi connectivity index (χ3n) is 12.4. The molecule has 3 rings (SSSR count). The van der Waals surface area contributed by atoms with E-state index < -0.39 is 28.7 Å². The van der Waals surface area contributed by atoms with Crippen LogP contribution in [0.1, 0.15) is 159 Å². The molecule has 1 saturated carbocycles. The molecule has 63 heavy (non-hydrogen) atoms. The van der Waals surface area contributed by atoms with Gasteiger partial charge in [-0.25, -0.2) is 4.79 Å². The molecule has 2 aliphatic carbocycles. The van der Waals surface area contributed by atoms with Gasteiger partial charge in [-0.15, -0.1) is 0 Å². The van der Waals surface area contributed by atoms with Crippen LogP contribution < -0.4 is 0 Å². The van der Waals surface area contributed by atoms with Crippen molar-refractivity contribution in [3.8, 4) is 11.8 Å². The number of hydrogen-bond donors (Lipinski definition) is 3. The first-order valence-electron chi connectivity index (χ1n) is 23.6. The zero-order valence-electron chi connectivity index (χ0n) is 40.2. The number of ether oxygens (including phenoxy) is 2. The molecule has 4 unspecified atom stereocenters. The Morgan fingerprint density at radius 1 is 0.810 bits per heavy atom. The Kier molecular flexibility index (Phi) is 22.2. The number of esters is 1. The minimum Gasteiger partial charge on any atom is -0.498 e. The zero-order valence-corrected chi connectivity index (χ0v) is 40.2. The third kappa shape index (κ3) is 17.9. The molecule has 3 aliphatic rings. The van der Waals surface area contributed by atoms with Crippen LogP contribution >= 0.6 is 0 Å². The summed E-state index contributed by atoms with van der Waals surface area (Å²) in [6.07, 6.45) is 50.8. The van der Waals surface area contributed by atoms with Gasteiger partial charge in [0.2, 0.25) is 0 Å². The molecule has 1 heterocycles. The molecule has 0 aromatic carbocycles. The SMILES string of the molecule is CCCCCCCCCCCCC=CC=CC=CC=COC1CC(C)=C(C#CC(C)=CC=CC=CC=C(C)C=C2C=C(C=CC3(O)C(C)(C)CC(O)CC3(C)O)C(=O)O2)C(C)(C)C1. The molecule has 6 nitrogen and oxygen atoms in total. The molecule has 6 heteroatoms. The van der Waals surface area contributed by atoms with Gasteiger partial charge in [0.1, 0.15) is 17.5 Å². The second kappa shape index (κ2) is 26.4. The van der Waals surface area contributed by atoms with E-state index >= 15 is 0 Å². The van der Waals surface area contributed by atoms with Crippen LogP contribution in [0.25, 0.3) is 0 Å². The Hall–Kier alpha value is -4.41. The highest BCUT2D eigenvalue weighted by atomic mass is 16.5. The average molecular weight is 861 g/mol. The zero-order chi connectivity index (χ0) is 46.4. The van der Waals surface area contributed by atoms with Crippen molar-refractivity contribution in [3.63, 3.8) is 0 Å². The maximum Gasteiger partial charge on any atom is 0.343 e. The highest BCUT2D eigenvalue weighted by Gasteiger charge is 2.58. The van der Waals surface area contributed by atoms with Crippen LogP contribution in [0.3, 0.4) is 0 Å². The number of aliphatic hydroxyl groups excluding tert-OH is 1.